The monoisotopic (exact) mass is 588 g/mol. The Labute approximate surface area is 242 Å². The maximum Gasteiger partial charge on any atom is 0.306 e. The van der Waals surface area contributed by atoms with Crippen molar-refractivity contribution in [3.8, 4) is 0 Å². The minimum atomic E-state index is -0.348. The van der Waals surface area contributed by atoms with Gasteiger partial charge in [0.25, 0.3) is 0 Å². The molecule has 0 aromatic heterocycles. The predicted octanol–water partition coefficient (Wildman–Crippen LogP) is 0.0257. The molecular weight excluding hydrogens is 540 g/mol. The summed E-state index contributed by atoms with van der Waals surface area (Å²) in [7, 11) is 5.26. The van der Waals surface area contributed by atoms with Gasteiger partial charge in [-0.25, -0.2) is 0 Å². The van der Waals surface area contributed by atoms with E-state index in [0.29, 0.717) is 78.0 Å². The minimum Gasteiger partial charge on any atom is -0.469 e. The van der Waals surface area contributed by atoms with Crippen LogP contribution in [0.2, 0.25) is 0 Å². The molecule has 41 heavy (non-hydrogen) atoms. The Bertz CT molecular complexity index is 705. The fraction of sp³-hybridized carbons (Fsp3) is 0.778. The number of nitrogens with zero attached hydrogens (tertiary/aromatic N) is 2. The number of hydrogen-bond acceptors (Lipinski definition) is 12. The summed E-state index contributed by atoms with van der Waals surface area (Å²) in [6, 6.07) is 0. The summed E-state index contributed by atoms with van der Waals surface area (Å²) in [5.74, 6) is -1.60. The first-order chi connectivity index (χ1) is 19.6. The van der Waals surface area contributed by atoms with E-state index in [1.54, 1.807) is 0 Å². The van der Waals surface area contributed by atoms with Gasteiger partial charge in [0.15, 0.2) is 0 Å². The van der Waals surface area contributed by atoms with Crippen LogP contribution in [0.5, 0.6) is 0 Å². The molecule has 0 spiro atoms. The largest absolute Gasteiger partial charge is 0.469 e. The van der Waals surface area contributed by atoms with Crippen molar-refractivity contribution in [2.75, 3.05) is 80.8 Å². The van der Waals surface area contributed by atoms with Crippen LogP contribution in [0.3, 0.4) is 0 Å². The van der Waals surface area contributed by atoms with Crippen LogP contribution < -0.4 is 10.6 Å². The first kappa shape index (κ1) is 37.7. The lowest BCUT2D eigenvalue weighted by molar-refractivity contribution is -0.142. The second-order valence-electron chi connectivity index (χ2n) is 9.25. The summed E-state index contributed by atoms with van der Waals surface area (Å²) in [4.78, 5) is 73.8. The van der Waals surface area contributed by atoms with Gasteiger partial charge in [0.1, 0.15) is 0 Å². The maximum atomic E-state index is 12.2. The van der Waals surface area contributed by atoms with Gasteiger partial charge in [0.2, 0.25) is 11.8 Å². The average Bonchev–Trinajstić information content (AvgIpc) is 2.97. The molecule has 0 bridgehead atoms. The number of carbonyl (C=O) groups excluding carboxylic acids is 6. The summed E-state index contributed by atoms with van der Waals surface area (Å²) in [6.45, 7) is 3.31. The van der Waals surface area contributed by atoms with Crippen molar-refractivity contribution in [2.45, 2.75) is 57.8 Å². The van der Waals surface area contributed by atoms with E-state index in [4.69, 9.17) is 0 Å². The molecule has 2 N–H and O–H groups in total. The van der Waals surface area contributed by atoms with Crippen molar-refractivity contribution in [1.29, 1.82) is 0 Å². The molecular formula is C27H48N4O10. The first-order valence-electron chi connectivity index (χ1n) is 13.9. The number of carbonyl (C=O) groups is 6. The Morgan fingerprint density at radius 3 is 1.00 bits per heavy atom. The van der Waals surface area contributed by atoms with Gasteiger partial charge >= 0.3 is 23.9 Å². The zero-order valence-electron chi connectivity index (χ0n) is 25.0. The quantitative estimate of drug-likeness (QED) is 0.0882. The zero-order valence-corrected chi connectivity index (χ0v) is 25.0. The second kappa shape index (κ2) is 24.5. The Morgan fingerprint density at radius 1 is 0.439 bits per heavy atom. The number of esters is 4. The van der Waals surface area contributed by atoms with Crippen LogP contribution in [0.15, 0.2) is 0 Å². The van der Waals surface area contributed by atoms with Crippen molar-refractivity contribution >= 4 is 35.7 Å². The molecule has 0 unspecified atom stereocenters. The number of hydrogen-bond donors (Lipinski definition) is 2. The molecule has 14 nitrogen and oxygen atoms in total. The highest BCUT2D eigenvalue weighted by Crippen LogP contribution is 2.04. The number of rotatable bonds is 24. The molecule has 2 amide bonds. The SMILES string of the molecule is COC(=O)CCN(CCNC(=O)CCCCCC(=O)NCCN(CCC(=O)OC)CCC(=O)OC)CCC(=O)OC. The molecule has 0 aliphatic carbocycles. The lowest BCUT2D eigenvalue weighted by Gasteiger charge is -2.21. The third-order valence-electron chi connectivity index (χ3n) is 6.25. The molecule has 0 aromatic carbocycles. The smallest absolute Gasteiger partial charge is 0.306 e. The van der Waals surface area contributed by atoms with Crippen molar-refractivity contribution in [3.63, 3.8) is 0 Å². The van der Waals surface area contributed by atoms with Crippen LogP contribution in [0.4, 0.5) is 0 Å². The predicted molar refractivity (Wildman–Crippen MR) is 149 cm³/mol. The van der Waals surface area contributed by atoms with Crippen LogP contribution in [0, 0.1) is 0 Å². The standard InChI is InChI=1S/C27H48N4O10/c1-38-24(34)10-16-30(17-11-25(35)39-2)20-14-28-22(32)8-6-5-7-9-23(33)29-15-21-31(18-12-26(36)40-3)19-13-27(37)41-4/h5-21H2,1-4H3,(H,28,32)(H,29,33). The third-order valence-corrected chi connectivity index (χ3v) is 6.25. The highest BCUT2D eigenvalue weighted by molar-refractivity contribution is 5.76. The van der Waals surface area contributed by atoms with E-state index in [1.165, 1.54) is 28.4 Å². The van der Waals surface area contributed by atoms with E-state index < -0.39 is 0 Å². The molecule has 0 heterocycles. The van der Waals surface area contributed by atoms with Crippen LogP contribution in [-0.4, -0.2) is 126 Å². The summed E-state index contributed by atoms with van der Waals surface area (Å²) in [6.07, 6.45) is 3.40. The van der Waals surface area contributed by atoms with Gasteiger partial charge in [0, 0.05) is 65.2 Å². The summed E-state index contributed by atoms with van der Waals surface area (Å²) < 4.78 is 18.6. The van der Waals surface area contributed by atoms with Crippen molar-refractivity contribution in [3.05, 3.63) is 0 Å². The molecule has 236 valence electrons. The number of methoxy groups -OCH3 is 4. The summed E-state index contributed by atoms with van der Waals surface area (Å²) in [5, 5.41) is 5.68. The Balaban J connectivity index is 4.16. The summed E-state index contributed by atoms with van der Waals surface area (Å²) in [5.41, 5.74) is 0. The fourth-order valence-electron chi connectivity index (χ4n) is 3.71. The highest BCUT2D eigenvalue weighted by atomic mass is 16.5. The number of unbranched alkanes of at least 4 members (excludes halogenated alkanes) is 2. The molecule has 14 heteroatoms. The first-order valence-corrected chi connectivity index (χ1v) is 13.9. The van der Waals surface area contributed by atoms with Crippen LogP contribution >= 0.6 is 0 Å². The molecule has 0 radical (unpaired) electrons. The Kier molecular flexibility index (Phi) is 22.6. The van der Waals surface area contributed by atoms with Gasteiger partial charge in [-0.05, 0) is 12.8 Å². The fourth-order valence-corrected chi connectivity index (χ4v) is 3.71. The van der Waals surface area contributed by atoms with Gasteiger partial charge in [-0.15, -0.1) is 0 Å². The van der Waals surface area contributed by atoms with Crippen molar-refractivity contribution < 1.29 is 47.7 Å². The minimum absolute atomic E-state index is 0.102. The van der Waals surface area contributed by atoms with Crippen molar-refractivity contribution in [1.82, 2.24) is 20.4 Å². The van der Waals surface area contributed by atoms with Gasteiger partial charge < -0.3 is 39.4 Å². The zero-order chi connectivity index (χ0) is 30.9. The van der Waals surface area contributed by atoms with E-state index in [-0.39, 0.29) is 61.4 Å². The summed E-state index contributed by atoms with van der Waals surface area (Å²) >= 11 is 0. The number of ether oxygens (including phenoxy) is 4. The lowest BCUT2D eigenvalue weighted by Crippen LogP contribution is -2.37. The molecule has 0 aliphatic heterocycles. The van der Waals surface area contributed by atoms with Crippen LogP contribution in [0.1, 0.15) is 57.8 Å². The van der Waals surface area contributed by atoms with Gasteiger partial charge in [0.05, 0.1) is 54.1 Å². The highest BCUT2D eigenvalue weighted by Gasteiger charge is 2.13. The van der Waals surface area contributed by atoms with E-state index in [2.05, 4.69) is 29.6 Å². The molecule has 0 saturated carbocycles. The van der Waals surface area contributed by atoms with Crippen molar-refractivity contribution in [2.24, 2.45) is 0 Å². The topological polar surface area (TPSA) is 170 Å². The molecule has 0 aliphatic rings. The number of amides is 2. The second-order valence-corrected chi connectivity index (χ2v) is 9.25. The Hall–Kier alpha value is -3.26. The molecule has 0 rings (SSSR count). The lowest BCUT2D eigenvalue weighted by atomic mass is 10.1. The number of nitrogens with one attached hydrogen (secondary N) is 2. The van der Waals surface area contributed by atoms with E-state index in [9.17, 15) is 28.8 Å². The van der Waals surface area contributed by atoms with Gasteiger partial charge in [-0.1, -0.05) is 6.42 Å². The third kappa shape index (κ3) is 22.2. The maximum absolute atomic E-state index is 12.2. The van der Waals surface area contributed by atoms with Crippen LogP contribution in [0.25, 0.3) is 0 Å². The Morgan fingerprint density at radius 2 is 0.732 bits per heavy atom. The van der Waals surface area contributed by atoms with Gasteiger partial charge in [-0.3, -0.25) is 28.8 Å². The molecule has 0 saturated heterocycles. The molecule has 0 fully saturated rings. The molecule has 0 atom stereocenters. The average molecular weight is 589 g/mol. The van der Waals surface area contributed by atoms with E-state index >= 15 is 0 Å². The normalized spacial score (nSPS) is 10.7. The van der Waals surface area contributed by atoms with E-state index in [0.717, 1.165) is 6.42 Å². The van der Waals surface area contributed by atoms with Gasteiger partial charge in [-0.2, -0.15) is 0 Å². The molecule has 0 aromatic rings. The van der Waals surface area contributed by atoms with Crippen LogP contribution in [-0.2, 0) is 47.7 Å². The van der Waals surface area contributed by atoms with E-state index in [1.807, 2.05) is 9.80 Å².